The number of carbonyl (C=O) groups excluding carboxylic acids is 1. The average Bonchev–Trinajstić information content (AvgIpc) is 2.36. The van der Waals surface area contributed by atoms with Gasteiger partial charge in [-0.1, -0.05) is 0 Å². The van der Waals surface area contributed by atoms with E-state index in [1.54, 1.807) is 37.2 Å². The molecule has 1 atom stereocenters. The summed E-state index contributed by atoms with van der Waals surface area (Å²) in [5, 5.41) is 12.3. The third-order valence-corrected chi connectivity index (χ3v) is 2.60. The molecule has 1 aromatic heterocycles. The summed E-state index contributed by atoms with van der Waals surface area (Å²) in [6.45, 7) is 5.04. The van der Waals surface area contributed by atoms with Crippen molar-refractivity contribution in [3.05, 3.63) is 23.9 Å². The maximum absolute atomic E-state index is 12.0. The zero-order chi connectivity index (χ0) is 13.5. The number of pyridine rings is 1. The van der Waals surface area contributed by atoms with Crippen LogP contribution in [0.4, 0.5) is 5.82 Å². The van der Waals surface area contributed by atoms with E-state index in [2.05, 4.69) is 10.3 Å². The van der Waals surface area contributed by atoms with Crippen molar-refractivity contribution in [2.75, 3.05) is 25.5 Å². The molecule has 0 spiro atoms. The number of nitrogens with one attached hydrogen (secondary N) is 1. The van der Waals surface area contributed by atoms with Crippen LogP contribution in [-0.4, -0.2) is 47.1 Å². The fourth-order valence-corrected chi connectivity index (χ4v) is 1.51. The molecule has 1 amide bonds. The highest BCUT2D eigenvalue weighted by atomic mass is 16.3. The maximum Gasteiger partial charge on any atom is 0.255 e. The number of aliphatic hydroxyl groups excluding tert-OH is 1. The Balaban J connectivity index is 2.60. The molecule has 2 N–H and O–H groups in total. The average molecular weight is 251 g/mol. The Morgan fingerprint density at radius 1 is 1.56 bits per heavy atom. The normalized spacial score (nSPS) is 12.0. The zero-order valence-corrected chi connectivity index (χ0v) is 11.2. The first-order chi connectivity index (χ1) is 8.54. The monoisotopic (exact) mass is 251 g/mol. The summed E-state index contributed by atoms with van der Waals surface area (Å²) in [5.41, 5.74) is 0.560. The van der Waals surface area contributed by atoms with Gasteiger partial charge in [0.1, 0.15) is 5.82 Å². The van der Waals surface area contributed by atoms with Crippen LogP contribution in [0.15, 0.2) is 18.3 Å². The summed E-state index contributed by atoms with van der Waals surface area (Å²) in [5.74, 6) is 0.687. The fourth-order valence-electron chi connectivity index (χ4n) is 1.51. The molecule has 0 saturated heterocycles. The second-order valence-corrected chi connectivity index (χ2v) is 4.33. The molecular formula is C13H21N3O2. The number of rotatable bonds is 6. The second kappa shape index (κ2) is 6.96. The smallest absolute Gasteiger partial charge is 0.255 e. The number of carbonyl (C=O) groups is 1. The summed E-state index contributed by atoms with van der Waals surface area (Å²) in [6.07, 6.45) is 1.75. The molecule has 0 aliphatic carbocycles. The molecule has 1 heterocycles. The third kappa shape index (κ3) is 4.33. The Labute approximate surface area is 108 Å². The van der Waals surface area contributed by atoms with Crippen LogP contribution in [0.25, 0.3) is 0 Å². The van der Waals surface area contributed by atoms with E-state index in [4.69, 9.17) is 0 Å². The minimum Gasteiger partial charge on any atom is -0.393 e. The van der Waals surface area contributed by atoms with Gasteiger partial charge in [0.15, 0.2) is 0 Å². The van der Waals surface area contributed by atoms with Crippen molar-refractivity contribution in [2.45, 2.75) is 26.4 Å². The van der Waals surface area contributed by atoms with Crippen molar-refractivity contribution in [2.24, 2.45) is 0 Å². The molecule has 5 nitrogen and oxygen atoms in total. The van der Waals surface area contributed by atoms with Crippen LogP contribution in [0.5, 0.6) is 0 Å². The molecule has 100 valence electrons. The first kappa shape index (κ1) is 14.4. The molecule has 0 aromatic carbocycles. The molecule has 0 saturated carbocycles. The molecule has 1 unspecified atom stereocenters. The van der Waals surface area contributed by atoms with Crippen molar-refractivity contribution < 1.29 is 9.90 Å². The Bertz CT molecular complexity index is 376. The van der Waals surface area contributed by atoms with Crippen LogP contribution in [-0.2, 0) is 0 Å². The van der Waals surface area contributed by atoms with Crippen LogP contribution in [0.2, 0.25) is 0 Å². The largest absolute Gasteiger partial charge is 0.393 e. The van der Waals surface area contributed by atoms with E-state index in [0.29, 0.717) is 18.5 Å². The maximum atomic E-state index is 12.0. The first-order valence-electron chi connectivity index (χ1n) is 6.18. The predicted molar refractivity (Wildman–Crippen MR) is 71.7 cm³/mol. The van der Waals surface area contributed by atoms with Gasteiger partial charge in [-0.15, -0.1) is 0 Å². The Kier molecular flexibility index (Phi) is 5.58. The van der Waals surface area contributed by atoms with E-state index in [9.17, 15) is 9.90 Å². The van der Waals surface area contributed by atoms with Crippen molar-refractivity contribution in [1.82, 2.24) is 9.88 Å². The highest BCUT2D eigenvalue weighted by Gasteiger charge is 2.12. The van der Waals surface area contributed by atoms with Gasteiger partial charge in [-0.3, -0.25) is 4.79 Å². The molecule has 0 bridgehead atoms. The lowest BCUT2D eigenvalue weighted by molar-refractivity contribution is 0.0768. The molecular weight excluding hydrogens is 230 g/mol. The van der Waals surface area contributed by atoms with E-state index in [0.717, 1.165) is 12.4 Å². The summed E-state index contributed by atoms with van der Waals surface area (Å²) >= 11 is 0. The van der Waals surface area contributed by atoms with Crippen molar-refractivity contribution in [3.63, 3.8) is 0 Å². The standard InChI is InChI=1S/C13H21N3O2/c1-4-14-12-6-5-11(9-15-12)13(18)16(3)8-7-10(2)17/h5-6,9-10,17H,4,7-8H2,1-3H3,(H,14,15). The second-order valence-electron chi connectivity index (χ2n) is 4.33. The molecule has 5 heteroatoms. The first-order valence-corrected chi connectivity index (χ1v) is 6.18. The van der Waals surface area contributed by atoms with Gasteiger partial charge in [-0.2, -0.15) is 0 Å². The van der Waals surface area contributed by atoms with Crippen LogP contribution < -0.4 is 5.32 Å². The van der Waals surface area contributed by atoms with Gasteiger partial charge < -0.3 is 15.3 Å². The molecule has 0 radical (unpaired) electrons. The number of hydrogen-bond donors (Lipinski definition) is 2. The van der Waals surface area contributed by atoms with Crippen LogP contribution in [0, 0.1) is 0 Å². The minimum absolute atomic E-state index is 0.0776. The highest BCUT2D eigenvalue weighted by Crippen LogP contribution is 2.07. The van der Waals surface area contributed by atoms with Crippen molar-refractivity contribution in [1.29, 1.82) is 0 Å². The summed E-state index contributed by atoms with van der Waals surface area (Å²) < 4.78 is 0. The number of hydrogen-bond acceptors (Lipinski definition) is 4. The van der Waals surface area contributed by atoms with Crippen LogP contribution in [0.1, 0.15) is 30.6 Å². The molecule has 18 heavy (non-hydrogen) atoms. The molecule has 0 fully saturated rings. The van der Waals surface area contributed by atoms with E-state index < -0.39 is 6.10 Å². The Hall–Kier alpha value is -1.62. The number of aromatic nitrogens is 1. The van der Waals surface area contributed by atoms with Gasteiger partial charge in [-0.25, -0.2) is 4.98 Å². The van der Waals surface area contributed by atoms with Gasteiger partial charge in [0.25, 0.3) is 5.91 Å². The van der Waals surface area contributed by atoms with Crippen LogP contribution in [0.3, 0.4) is 0 Å². The van der Waals surface area contributed by atoms with Gasteiger partial charge in [0, 0.05) is 26.3 Å². The van der Waals surface area contributed by atoms with Crippen molar-refractivity contribution >= 4 is 11.7 Å². The van der Waals surface area contributed by atoms with Gasteiger partial charge in [-0.05, 0) is 32.4 Å². The van der Waals surface area contributed by atoms with E-state index in [1.807, 2.05) is 6.92 Å². The summed E-state index contributed by atoms with van der Waals surface area (Å²) in [7, 11) is 1.73. The van der Waals surface area contributed by atoms with E-state index >= 15 is 0 Å². The zero-order valence-electron chi connectivity index (χ0n) is 11.2. The van der Waals surface area contributed by atoms with E-state index in [1.165, 1.54) is 0 Å². The molecule has 0 aliphatic rings. The molecule has 1 rings (SSSR count). The number of amides is 1. The molecule has 1 aromatic rings. The van der Waals surface area contributed by atoms with Gasteiger partial charge in [0.05, 0.1) is 11.7 Å². The minimum atomic E-state index is -0.394. The summed E-state index contributed by atoms with van der Waals surface area (Å²) in [4.78, 5) is 17.8. The molecule has 0 aliphatic heterocycles. The van der Waals surface area contributed by atoms with Crippen LogP contribution >= 0.6 is 0 Å². The topological polar surface area (TPSA) is 65.5 Å². The predicted octanol–water partition coefficient (Wildman–Crippen LogP) is 1.36. The lowest BCUT2D eigenvalue weighted by atomic mass is 10.2. The van der Waals surface area contributed by atoms with E-state index in [-0.39, 0.29) is 5.91 Å². The number of nitrogens with zero attached hydrogens (tertiary/aromatic N) is 2. The highest BCUT2D eigenvalue weighted by molar-refractivity contribution is 5.93. The van der Waals surface area contributed by atoms with Crippen molar-refractivity contribution in [3.8, 4) is 0 Å². The Morgan fingerprint density at radius 2 is 2.28 bits per heavy atom. The third-order valence-electron chi connectivity index (χ3n) is 2.60. The van der Waals surface area contributed by atoms with Gasteiger partial charge >= 0.3 is 0 Å². The van der Waals surface area contributed by atoms with Gasteiger partial charge in [0.2, 0.25) is 0 Å². The number of anilines is 1. The lowest BCUT2D eigenvalue weighted by Gasteiger charge is -2.18. The summed E-state index contributed by atoms with van der Waals surface area (Å²) in [6, 6.07) is 3.55. The fraction of sp³-hybridized carbons (Fsp3) is 0.538. The lowest BCUT2D eigenvalue weighted by Crippen LogP contribution is -2.29. The quantitative estimate of drug-likeness (QED) is 0.801. The number of aliphatic hydroxyl groups is 1. The SMILES string of the molecule is CCNc1ccc(C(=O)N(C)CCC(C)O)cn1. The Morgan fingerprint density at radius 3 is 2.78 bits per heavy atom.